The molecule has 1 amide bonds. The number of nitrogens with one attached hydrogen (secondary N) is 1. The highest BCUT2D eigenvalue weighted by molar-refractivity contribution is 7.98. The minimum absolute atomic E-state index is 0.102. The lowest BCUT2D eigenvalue weighted by molar-refractivity contribution is -0.114. The van der Waals surface area contributed by atoms with E-state index < -0.39 is 0 Å². The highest BCUT2D eigenvalue weighted by Gasteiger charge is 2.20. The minimum atomic E-state index is -0.102. The van der Waals surface area contributed by atoms with Crippen LogP contribution < -0.4 is 5.32 Å². The van der Waals surface area contributed by atoms with Gasteiger partial charge in [0.2, 0.25) is 11.1 Å². The van der Waals surface area contributed by atoms with E-state index in [9.17, 15) is 4.79 Å². The fourth-order valence-electron chi connectivity index (χ4n) is 2.56. The molecule has 2 heterocycles. The fraction of sp³-hybridized carbons (Fsp3) is 0.615. The summed E-state index contributed by atoms with van der Waals surface area (Å²) in [6.07, 6.45) is 6.12. The summed E-state index contributed by atoms with van der Waals surface area (Å²) in [4.78, 5) is 15.4. The standard InChI is InChI=1S/C13H18N6OS2/c1-9(20)14-12-15-10(7-21-12)8-22-13-16-17-18-19(13)11-5-3-2-4-6-11/h7,11H,2-6,8H2,1H3,(H,14,15,20). The number of nitrogens with zero attached hydrogens (tertiary/aromatic N) is 5. The number of aromatic nitrogens is 5. The average Bonchev–Trinajstić information content (AvgIpc) is 3.14. The van der Waals surface area contributed by atoms with E-state index in [1.807, 2.05) is 10.1 Å². The summed E-state index contributed by atoms with van der Waals surface area (Å²) < 4.78 is 1.96. The number of hydrogen-bond donors (Lipinski definition) is 1. The monoisotopic (exact) mass is 338 g/mol. The molecule has 0 bridgehead atoms. The van der Waals surface area contributed by atoms with Crippen molar-refractivity contribution in [2.45, 2.75) is 56.0 Å². The number of thioether (sulfide) groups is 1. The maximum Gasteiger partial charge on any atom is 0.223 e. The molecule has 1 N–H and O–H groups in total. The van der Waals surface area contributed by atoms with Gasteiger partial charge in [-0.05, 0) is 23.3 Å². The Labute approximate surface area is 136 Å². The zero-order chi connectivity index (χ0) is 15.4. The van der Waals surface area contributed by atoms with Crippen LogP contribution in [-0.4, -0.2) is 31.1 Å². The van der Waals surface area contributed by atoms with Crippen molar-refractivity contribution >= 4 is 34.1 Å². The normalized spacial score (nSPS) is 15.9. The summed E-state index contributed by atoms with van der Waals surface area (Å²) in [5, 5.41) is 18.2. The number of hydrogen-bond acceptors (Lipinski definition) is 7. The van der Waals surface area contributed by atoms with Gasteiger partial charge in [0.15, 0.2) is 5.13 Å². The summed E-state index contributed by atoms with van der Waals surface area (Å²) in [7, 11) is 0. The molecule has 1 saturated carbocycles. The zero-order valence-electron chi connectivity index (χ0n) is 12.4. The van der Waals surface area contributed by atoms with E-state index in [0.717, 1.165) is 23.7 Å². The Kier molecular flexibility index (Phi) is 5.04. The molecule has 9 heteroatoms. The summed E-state index contributed by atoms with van der Waals surface area (Å²) in [5.74, 6) is 0.596. The maximum atomic E-state index is 11.0. The molecular formula is C13H18N6OS2. The van der Waals surface area contributed by atoms with Gasteiger partial charge >= 0.3 is 0 Å². The first-order valence-corrected chi connectivity index (χ1v) is 9.21. The molecule has 0 saturated heterocycles. The topological polar surface area (TPSA) is 85.6 Å². The number of carbonyl (C=O) groups is 1. The number of thiazole rings is 1. The molecule has 0 aliphatic heterocycles. The number of anilines is 1. The first-order valence-electron chi connectivity index (χ1n) is 7.35. The second kappa shape index (κ2) is 7.19. The quantitative estimate of drug-likeness (QED) is 0.844. The van der Waals surface area contributed by atoms with Crippen LogP contribution in [0.5, 0.6) is 0 Å². The Morgan fingerprint density at radius 3 is 3.05 bits per heavy atom. The van der Waals surface area contributed by atoms with Crippen LogP contribution in [0.3, 0.4) is 0 Å². The summed E-state index contributed by atoms with van der Waals surface area (Å²) >= 11 is 3.02. The van der Waals surface area contributed by atoms with Gasteiger partial charge in [-0.1, -0.05) is 31.0 Å². The number of carbonyl (C=O) groups excluding carboxylic acids is 1. The molecule has 1 aliphatic rings. The second-order valence-electron chi connectivity index (χ2n) is 5.31. The van der Waals surface area contributed by atoms with Crippen LogP contribution in [-0.2, 0) is 10.5 Å². The van der Waals surface area contributed by atoms with Gasteiger partial charge in [-0.25, -0.2) is 9.67 Å². The third kappa shape index (κ3) is 3.83. The molecular weight excluding hydrogens is 320 g/mol. The largest absolute Gasteiger partial charge is 0.302 e. The smallest absolute Gasteiger partial charge is 0.223 e. The van der Waals surface area contributed by atoms with E-state index in [1.54, 1.807) is 11.8 Å². The fourth-order valence-corrected chi connectivity index (χ4v) is 4.25. The number of rotatable bonds is 5. The van der Waals surface area contributed by atoms with E-state index >= 15 is 0 Å². The average molecular weight is 338 g/mol. The molecule has 0 spiro atoms. The Morgan fingerprint density at radius 1 is 1.45 bits per heavy atom. The summed E-state index contributed by atoms with van der Waals surface area (Å²) in [6, 6.07) is 0.427. The molecule has 1 fully saturated rings. The van der Waals surface area contributed by atoms with Crippen molar-refractivity contribution in [3.63, 3.8) is 0 Å². The molecule has 7 nitrogen and oxygen atoms in total. The lowest BCUT2D eigenvalue weighted by Crippen LogP contribution is -2.15. The Balaban J connectivity index is 1.60. The van der Waals surface area contributed by atoms with Crippen LogP contribution in [0, 0.1) is 0 Å². The minimum Gasteiger partial charge on any atom is -0.302 e. The molecule has 0 unspecified atom stereocenters. The van der Waals surface area contributed by atoms with Crippen LogP contribution in [0.25, 0.3) is 0 Å². The first kappa shape index (κ1) is 15.4. The number of tetrazole rings is 1. The van der Waals surface area contributed by atoms with E-state index in [2.05, 4.69) is 25.8 Å². The predicted molar refractivity (Wildman–Crippen MR) is 85.9 cm³/mol. The first-order chi connectivity index (χ1) is 10.7. The van der Waals surface area contributed by atoms with Gasteiger partial charge in [0.1, 0.15) is 0 Å². The molecule has 0 radical (unpaired) electrons. The molecule has 0 atom stereocenters. The van der Waals surface area contributed by atoms with Crippen molar-refractivity contribution in [3.05, 3.63) is 11.1 Å². The van der Waals surface area contributed by atoms with Crippen molar-refractivity contribution < 1.29 is 4.79 Å². The van der Waals surface area contributed by atoms with Gasteiger partial charge in [-0.2, -0.15) is 0 Å². The molecule has 1 aliphatic carbocycles. The van der Waals surface area contributed by atoms with E-state index in [0.29, 0.717) is 16.9 Å². The van der Waals surface area contributed by atoms with Crippen LogP contribution in [0.2, 0.25) is 0 Å². The third-order valence-corrected chi connectivity index (χ3v) is 5.34. The zero-order valence-corrected chi connectivity index (χ0v) is 14.0. The van der Waals surface area contributed by atoms with Gasteiger partial charge in [-0.3, -0.25) is 4.79 Å². The van der Waals surface area contributed by atoms with Crippen LogP contribution in [0.1, 0.15) is 50.8 Å². The third-order valence-electron chi connectivity index (χ3n) is 3.57. The van der Waals surface area contributed by atoms with Crippen LogP contribution in [0.4, 0.5) is 5.13 Å². The van der Waals surface area contributed by atoms with E-state index in [4.69, 9.17) is 0 Å². The van der Waals surface area contributed by atoms with Crippen LogP contribution in [0.15, 0.2) is 10.5 Å². The second-order valence-corrected chi connectivity index (χ2v) is 7.11. The van der Waals surface area contributed by atoms with Crippen molar-refractivity contribution in [2.75, 3.05) is 5.32 Å². The highest BCUT2D eigenvalue weighted by atomic mass is 32.2. The van der Waals surface area contributed by atoms with Gasteiger partial charge < -0.3 is 5.32 Å². The van der Waals surface area contributed by atoms with E-state index in [1.165, 1.54) is 37.5 Å². The van der Waals surface area contributed by atoms with Gasteiger partial charge in [-0.15, -0.1) is 16.4 Å². The van der Waals surface area contributed by atoms with Gasteiger partial charge in [0.05, 0.1) is 11.7 Å². The molecule has 118 valence electrons. The van der Waals surface area contributed by atoms with Gasteiger partial charge in [0.25, 0.3) is 0 Å². The highest BCUT2D eigenvalue weighted by Crippen LogP contribution is 2.31. The Hall–Kier alpha value is -1.48. The molecule has 2 aromatic rings. The molecule has 3 rings (SSSR count). The van der Waals surface area contributed by atoms with Crippen molar-refractivity contribution in [1.29, 1.82) is 0 Å². The summed E-state index contributed by atoms with van der Waals surface area (Å²) in [5.41, 5.74) is 0.928. The van der Waals surface area contributed by atoms with Crippen molar-refractivity contribution in [2.24, 2.45) is 0 Å². The lowest BCUT2D eigenvalue weighted by atomic mass is 9.96. The van der Waals surface area contributed by atoms with Crippen molar-refractivity contribution in [3.8, 4) is 0 Å². The maximum absolute atomic E-state index is 11.0. The molecule has 2 aromatic heterocycles. The van der Waals surface area contributed by atoms with Crippen LogP contribution >= 0.6 is 23.1 Å². The Bertz CT molecular complexity index is 634. The van der Waals surface area contributed by atoms with Crippen molar-refractivity contribution in [1.82, 2.24) is 25.2 Å². The van der Waals surface area contributed by atoms with Gasteiger partial charge in [0, 0.05) is 18.1 Å². The Morgan fingerprint density at radius 2 is 2.27 bits per heavy atom. The lowest BCUT2D eigenvalue weighted by Gasteiger charge is -2.21. The molecule has 22 heavy (non-hydrogen) atoms. The molecule has 0 aromatic carbocycles. The van der Waals surface area contributed by atoms with E-state index in [-0.39, 0.29) is 5.91 Å². The summed E-state index contributed by atoms with van der Waals surface area (Å²) in [6.45, 7) is 1.48. The predicted octanol–water partition coefficient (Wildman–Crippen LogP) is 2.89. The number of amides is 1. The SMILES string of the molecule is CC(=O)Nc1nc(CSc2nnnn2C2CCCCC2)cs1.